The number of aryl methyl sites for hydroxylation is 1. The van der Waals surface area contributed by atoms with Crippen LogP contribution in [0.15, 0.2) is 23.6 Å². The quantitative estimate of drug-likeness (QED) is 0.852. The number of benzene rings is 1. The lowest BCUT2D eigenvalue weighted by atomic mass is 10.1. The van der Waals surface area contributed by atoms with Crippen molar-refractivity contribution in [2.45, 2.75) is 13.3 Å². The van der Waals surface area contributed by atoms with Gasteiger partial charge in [0.2, 0.25) is 0 Å². The zero-order chi connectivity index (χ0) is 13.8. The summed E-state index contributed by atoms with van der Waals surface area (Å²) < 4.78 is 0. The highest BCUT2D eigenvalue weighted by Gasteiger charge is 2.09. The third-order valence-corrected chi connectivity index (χ3v) is 3.81. The summed E-state index contributed by atoms with van der Waals surface area (Å²) in [5, 5.41) is 6.35. The average molecular weight is 296 g/mol. The maximum absolute atomic E-state index is 11.9. The molecule has 0 saturated heterocycles. The molecule has 1 heterocycles. The van der Waals surface area contributed by atoms with Crippen LogP contribution in [-0.4, -0.2) is 17.4 Å². The van der Waals surface area contributed by atoms with Gasteiger partial charge in [0.25, 0.3) is 5.91 Å². The second-order valence-electron chi connectivity index (χ2n) is 4.12. The van der Waals surface area contributed by atoms with Crippen molar-refractivity contribution in [2.75, 3.05) is 12.3 Å². The Kier molecular flexibility index (Phi) is 4.39. The number of anilines is 1. The molecular formula is C13H14ClN3OS. The number of hydrogen-bond acceptors (Lipinski definition) is 4. The Bertz CT molecular complexity index is 597. The fraction of sp³-hybridized carbons (Fsp3) is 0.231. The van der Waals surface area contributed by atoms with Gasteiger partial charge in [-0.25, -0.2) is 4.98 Å². The SMILES string of the molecule is Cc1csc(CCNC(=O)c2ccc(Cl)cc2N)n1. The number of nitrogens with two attached hydrogens (primary N) is 1. The molecule has 0 saturated carbocycles. The molecule has 0 radical (unpaired) electrons. The molecule has 2 rings (SSSR count). The van der Waals surface area contributed by atoms with E-state index in [9.17, 15) is 4.79 Å². The van der Waals surface area contributed by atoms with Crippen LogP contribution in [-0.2, 0) is 6.42 Å². The lowest BCUT2D eigenvalue weighted by Gasteiger charge is -2.07. The third-order valence-electron chi connectivity index (χ3n) is 2.55. The molecule has 0 aliphatic heterocycles. The number of nitrogen functional groups attached to an aromatic ring is 1. The van der Waals surface area contributed by atoms with E-state index in [2.05, 4.69) is 10.3 Å². The Morgan fingerprint density at radius 3 is 2.95 bits per heavy atom. The molecule has 6 heteroatoms. The van der Waals surface area contributed by atoms with Crippen molar-refractivity contribution in [3.05, 3.63) is 44.9 Å². The number of nitrogens with zero attached hydrogens (tertiary/aromatic N) is 1. The molecule has 0 bridgehead atoms. The number of carbonyl (C=O) groups is 1. The van der Waals surface area contributed by atoms with E-state index in [-0.39, 0.29) is 5.91 Å². The number of aromatic nitrogens is 1. The number of halogens is 1. The molecule has 4 nitrogen and oxygen atoms in total. The smallest absolute Gasteiger partial charge is 0.253 e. The van der Waals surface area contributed by atoms with Gasteiger partial charge in [-0.3, -0.25) is 4.79 Å². The van der Waals surface area contributed by atoms with Crippen LogP contribution < -0.4 is 11.1 Å². The zero-order valence-electron chi connectivity index (χ0n) is 10.4. The Morgan fingerprint density at radius 1 is 1.53 bits per heavy atom. The standard InChI is InChI=1S/C13H14ClN3OS/c1-8-7-19-12(17-8)4-5-16-13(18)10-3-2-9(14)6-11(10)15/h2-3,6-7H,4-5,15H2,1H3,(H,16,18). The zero-order valence-corrected chi connectivity index (χ0v) is 12.0. The monoisotopic (exact) mass is 295 g/mol. The van der Waals surface area contributed by atoms with Crippen LogP contribution in [0.2, 0.25) is 5.02 Å². The Morgan fingerprint density at radius 2 is 2.32 bits per heavy atom. The van der Waals surface area contributed by atoms with Crippen molar-refractivity contribution < 1.29 is 4.79 Å². The molecule has 3 N–H and O–H groups in total. The fourth-order valence-corrected chi connectivity index (χ4v) is 2.59. The Balaban J connectivity index is 1.90. The number of thiazole rings is 1. The van der Waals surface area contributed by atoms with Crippen molar-refractivity contribution in [3.8, 4) is 0 Å². The highest BCUT2D eigenvalue weighted by molar-refractivity contribution is 7.09. The van der Waals surface area contributed by atoms with Gasteiger partial charge < -0.3 is 11.1 Å². The van der Waals surface area contributed by atoms with E-state index in [1.807, 2.05) is 12.3 Å². The van der Waals surface area contributed by atoms with E-state index in [0.717, 1.165) is 17.1 Å². The summed E-state index contributed by atoms with van der Waals surface area (Å²) in [5.74, 6) is -0.192. The molecule has 1 amide bonds. The van der Waals surface area contributed by atoms with E-state index >= 15 is 0 Å². The Hall–Kier alpha value is -1.59. The van der Waals surface area contributed by atoms with Gasteiger partial charge in [-0.2, -0.15) is 0 Å². The second-order valence-corrected chi connectivity index (χ2v) is 5.50. The number of amides is 1. The van der Waals surface area contributed by atoms with Gasteiger partial charge in [0, 0.05) is 34.7 Å². The van der Waals surface area contributed by atoms with Gasteiger partial charge in [-0.1, -0.05) is 11.6 Å². The van der Waals surface area contributed by atoms with Crippen molar-refractivity contribution >= 4 is 34.5 Å². The largest absolute Gasteiger partial charge is 0.398 e. The first-order chi connectivity index (χ1) is 9.06. The number of rotatable bonds is 4. The first-order valence-electron chi connectivity index (χ1n) is 5.80. The highest BCUT2D eigenvalue weighted by atomic mass is 35.5. The number of hydrogen-bond donors (Lipinski definition) is 2. The van der Waals surface area contributed by atoms with Crippen LogP contribution in [0, 0.1) is 6.92 Å². The molecule has 0 spiro atoms. The minimum atomic E-state index is -0.192. The first kappa shape index (κ1) is 13.8. The van der Waals surface area contributed by atoms with Crippen LogP contribution in [0.4, 0.5) is 5.69 Å². The summed E-state index contributed by atoms with van der Waals surface area (Å²) in [4.78, 5) is 16.3. The van der Waals surface area contributed by atoms with E-state index in [1.54, 1.807) is 29.5 Å². The Labute approximate surface area is 120 Å². The van der Waals surface area contributed by atoms with Crippen LogP contribution in [0.3, 0.4) is 0 Å². The van der Waals surface area contributed by atoms with E-state index in [1.165, 1.54) is 0 Å². The number of carbonyl (C=O) groups excluding carboxylic acids is 1. The molecule has 100 valence electrons. The predicted molar refractivity (Wildman–Crippen MR) is 78.8 cm³/mol. The highest BCUT2D eigenvalue weighted by Crippen LogP contribution is 2.17. The maximum Gasteiger partial charge on any atom is 0.253 e. The van der Waals surface area contributed by atoms with Gasteiger partial charge in [0.15, 0.2) is 0 Å². The minimum Gasteiger partial charge on any atom is -0.398 e. The van der Waals surface area contributed by atoms with Crippen molar-refractivity contribution in [3.63, 3.8) is 0 Å². The third kappa shape index (κ3) is 3.68. The molecule has 19 heavy (non-hydrogen) atoms. The number of nitrogens with one attached hydrogen (secondary N) is 1. The molecule has 2 aromatic rings. The lowest BCUT2D eigenvalue weighted by molar-refractivity contribution is 0.0955. The molecular weight excluding hydrogens is 282 g/mol. The van der Waals surface area contributed by atoms with E-state index < -0.39 is 0 Å². The van der Waals surface area contributed by atoms with Crippen LogP contribution >= 0.6 is 22.9 Å². The summed E-state index contributed by atoms with van der Waals surface area (Å²) in [7, 11) is 0. The summed E-state index contributed by atoms with van der Waals surface area (Å²) >= 11 is 7.39. The fourth-order valence-electron chi connectivity index (χ4n) is 1.64. The summed E-state index contributed by atoms with van der Waals surface area (Å²) in [6.07, 6.45) is 0.720. The lowest BCUT2D eigenvalue weighted by Crippen LogP contribution is -2.26. The van der Waals surface area contributed by atoms with Crippen LogP contribution in [0.5, 0.6) is 0 Å². The molecule has 0 unspecified atom stereocenters. The molecule has 1 aromatic heterocycles. The van der Waals surface area contributed by atoms with Gasteiger partial charge in [0.1, 0.15) is 0 Å². The van der Waals surface area contributed by atoms with Crippen LogP contribution in [0.25, 0.3) is 0 Å². The second kappa shape index (κ2) is 6.04. The maximum atomic E-state index is 11.9. The van der Waals surface area contributed by atoms with E-state index in [4.69, 9.17) is 17.3 Å². The first-order valence-corrected chi connectivity index (χ1v) is 7.06. The minimum absolute atomic E-state index is 0.192. The topological polar surface area (TPSA) is 68.0 Å². The van der Waals surface area contributed by atoms with Crippen molar-refractivity contribution in [1.29, 1.82) is 0 Å². The average Bonchev–Trinajstić information content (AvgIpc) is 2.75. The van der Waals surface area contributed by atoms with Crippen LogP contribution in [0.1, 0.15) is 21.1 Å². The van der Waals surface area contributed by atoms with Gasteiger partial charge in [-0.05, 0) is 25.1 Å². The van der Waals surface area contributed by atoms with Gasteiger partial charge >= 0.3 is 0 Å². The van der Waals surface area contributed by atoms with Gasteiger partial charge in [-0.15, -0.1) is 11.3 Å². The molecule has 0 atom stereocenters. The molecule has 0 aliphatic rings. The molecule has 0 aliphatic carbocycles. The summed E-state index contributed by atoms with van der Waals surface area (Å²) in [6.45, 7) is 2.49. The van der Waals surface area contributed by atoms with Crippen molar-refractivity contribution in [2.24, 2.45) is 0 Å². The normalized spacial score (nSPS) is 10.4. The predicted octanol–water partition coefficient (Wildman–Crippen LogP) is 2.66. The van der Waals surface area contributed by atoms with E-state index in [0.29, 0.717) is 22.8 Å². The van der Waals surface area contributed by atoms with Crippen molar-refractivity contribution in [1.82, 2.24) is 10.3 Å². The van der Waals surface area contributed by atoms with Gasteiger partial charge in [0.05, 0.1) is 10.6 Å². The molecule has 0 fully saturated rings. The summed E-state index contributed by atoms with van der Waals surface area (Å²) in [5.41, 5.74) is 7.59. The summed E-state index contributed by atoms with van der Waals surface area (Å²) in [6, 6.07) is 4.85. The molecule has 1 aromatic carbocycles.